The van der Waals surface area contributed by atoms with Crippen LogP contribution in [0.15, 0.2) is 16.6 Å². The van der Waals surface area contributed by atoms with Crippen molar-refractivity contribution in [1.82, 2.24) is 4.90 Å². The van der Waals surface area contributed by atoms with Crippen LogP contribution in [0, 0.1) is 0 Å². The van der Waals surface area contributed by atoms with E-state index in [1.807, 2.05) is 0 Å². The summed E-state index contributed by atoms with van der Waals surface area (Å²) in [5.41, 5.74) is 4.10. The van der Waals surface area contributed by atoms with Crippen molar-refractivity contribution >= 4 is 27.3 Å². The zero-order valence-electron chi connectivity index (χ0n) is 10.2. The van der Waals surface area contributed by atoms with Crippen LogP contribution in [-0.4, -0.2) is 44.7 Å². The highest BCUT2D eigenvalue weighted by Crippen LogP contribution is 2.35. The highest BCUT2D eigenvalue weighted by Gasteiger charge is 2.19. The van der Waals surface area contributed by atoms with Crippen molar-refractivity contribution < 1.29 is 0 Å². The van der Waals surface area contributed by atoms with Crippen molar-refractivity contribution in [3.8, 4) is 0 Å². The molecular formula is C13H18BrN3. The van der Waals surface area contributed by atoms with Gasteiger partial charge < -0.3 is 15.1 Å². The molecule has 92 valence electrons. The maximum absolute atomic E-state index is 3.72. The van der Waals surface area contributed by atoms with Crippen molar-refractivity contribution in [3.63, 3.8) is 0 Å². The summed E-state index contributed by atoms with van der Waals surface area (Å²) in [4.78, 5) is 4.86. The molecule has 1 N–H and O–H groups in total. The molecule has 2 aliphatic heterocycles. The first-order valence-electron chi connectivity index (χ1n) is 6.24. The van der Waals surface area contributed by atoms with Gasteiger partial charge in [0.2, 0.25) is 0 Å². The van der Waals surface area contributed by atoms with Crippen molar-refractivity contribution in [2.45, 2.75) is 6.42 Å². The molecule has 2 heterocycles. The molecule has 0 atom stereocenters. The lowest BCUT2D eigenvalue weighted by Gasteiger charge is -2.34. The van der Waals surface area contributed by atoms with Crippen molar-refractivity contribution in [2.75, 3.05) is 50.0 Å². The molecule has 3 nitrogen and oxygen atoms in total. The fourth-order valence-electron chi connectivity index (χ4n) is 2.60. The SMILES string of the molecule is CN1CCN(c2cc3c(cc2Br)CCN3)CC1. The molecule has 1 aromatic carbocycles. The Morgan fingerprint density at radius 2 is 1.94 bits per heavy atom. The van der Waals surface area contributed by atoms with Crippen LogP contribution in [0.3, 0.4) is 0 Å². The summed E-state index contributed by atoms with van der Waals surface area (Å²) in [5.74, 6) is 0. The topological polar surface area (TPSA) is 18.5 Å². The van der Waals surface area contributed by atoms with Crippen LogP contribution in [0.2, 0.25) is 0 Å². The van der Waals surface area contributed by atoms with E-state index in [1.54, 1.807) is 0 Å². The van der Waals surface area contributed by atoms with Crippen molar-refractivity contribution in [1.29, 1.82) is 0 Å². The number of hydrogen-bond acceptors (Lipinski definition) is 3. The summed E-state index contributed by atoms with van der Waals surface area (Å²) in [6, 6.07) is 4.58. The zero-order chi connectivity index (χ0) is 11.8. The van der Waals surface area contributed by atoms with Gasteiger partial charge in [-0.15, -0.1) is 0 Å². The fourth-order valence-corrected chi connectivity index (χ4v) is 3.24. The first kappa shape index (κ1) is 11.4. The van der Waals surface area contributed by atoms with Crippen LogP contribution in [-0.2, 0) is 6.42 Å². The number of anilines is 2. The Bertz CT molecular complexity index is 425. The van der Waals surface area contributed by atoms with Crippen LogP contribution in [0.25, 0.3) is 0 Å². The third-order valence-electron chi connectivity index (χ3n) is 3.73. The third-order valence-corrected chi connectivity index (χ3v) is 4.36. The molecule has 0 spiro atoms. The van der Waals surface area contributed by atoms with Gasteiger partial charge in [-0.05, 0) is 47.1 Å². The van der Waals surface area contributed by atoms with Crippen LogP contribution in [0.5, 0.6) is 0 Å². The molecule has 0 bridgehead atoms. The zero-order valence-corrected chi connectivity index (χ0v) is 11.8. The van der Waals surface area contributed by atoms with E-state index in [1.165, 1.54) is 21.4 Å². The Hall–Kier alpha value is -0.740. The number of benzene rings is 1. The minimum atomic E-state index is 1.08. The molecule has 0 amide bonds. The largest absolute Gasteiger partial charge is 0.384 e. The summed E-state index contributed by atoms with van der Waals surface area (Å²) in [5, 5.41) is 3.46. The summed E-state index contributed by atoms with van der Waals surface area (Å²) >= 11 is 3.72. The minimum Gasteiger partial charge on any atom is -0.384 e. The van der Waals surface area contributed by atoms with Gasteiger partial charge in [-0.2, -0.15) is 0 Å². The second kappa shape index (κ2) is 4.50. The lowest BCUT2D eigenvalue weighted by molar-refractivity contribution is 0.312. The number of halogens is 1. The van der Waals surface area contributed by atoms with E-state index in [2.05, 4.69) is 50.2 Å². The molecule has 17 heavy (non-hydrogen) atoms. The monoisotopic (exact) mass is 295 g/mol. The second-order valence-electron chi connectivity index (χ2n) is 4.93. The number of rotatable bonds is 1. The third kappa shape index (κ3) is 2.16. The summed E-state index contributed by atoms with van der Waals surface area (Å²) in [7, 11) is 2.19. The van der Waals surface area contributed by atoms with E-state index >= 15 is 0 Å². The first-order valence-corrected chi connectivity index (χ1v) is 7.03. The Morgan fingerprint density at radius 3 is 2.71 bits per heavy atom. The lowest BCUT2D eigenvalue weighted by Crippen LogP contribution is -2.44. The minimum absolute atomic E-state index is 1.08. The number of fused-ring (bicyclic) bond motifs is 1. The van der Waals surface area contributed by atoms with E-state index in [-0.39, 0.29) is 0 Å². The second-order valence-corrected chi connectivity index (χ2v) is 5.78. The molecule has 4 heteroatoms. The number of likely N-dealkylation sites (N-methyl/N-ethyl adjacent to an activating group) is 1. The van der Waals surface area contributed by atoms with Gasteiger partial charge in [0.25, 0.3) is 0 Å². The van der Waals surface area contributed by atoms with Gasteiger partial charge >= 0.3 is 0 Å². The summed E-state index contributed by atoms with van der Waals surface area (Å²) in [6.07, 6.45) is 1.15. The standard InChI is InChI=1S/C13H18BrN3/c1-16-4-6-17(7-5-16)13-9-12-10(2-3-15-12)8-11(13)14/h8-9,15H,2-7H2,1H3. The normalized spacial score (nSPS) is 20.2. The van der Waals surface area contributed by atoms with E-state index < -0.39 is 0 Å². The van der Waals surface area contributed by atoms with Gasteiger partial charge in [-0.1, -0.05) is 0 Å². The van der Waals surface area contributed by atoms with E-state index in [0.717, 1.165) is 39.1 Å². The Kier molecular flexibility index (Phi) is 3.01. The number of nitrogens with one attached hydrogen (secondary N) is 1. The molecule has 3 rings (SSSR count). The van der Waals surface area contributed by atoms with E-state index in [0.29, 0.717) is 0 Å². The molecule has 0 aliphatic carbocycles. The van der Waals surface area contributed by atoms with Crippen LogP contribution in [0.4, 0.5) is 11.4 Å². The van der Waals surface area contributed by atoms with Gasteiger partial charge in [-0.3, -0.25) is 0 Å². The molecule has 0 saturated carbocycles. The Labute approximate surface area is 111 Å². The quantitative estimate of drug-likeness (QED) is 0.857. The maximum Gasteiger partial charge on any atom is 0.0532 e. The smallest absolute Gasteiger partial charge is 0.0532 e. The van der Waals surface area contributed by atoms with Crippen LogP contribution >= 0.6 is 15.9 Å². The summed E-state index contributed by atoms with van der Waals surface area (Å²) < 4.78 is 1.24. The first-order chi connectivity index (χ1) is 8.24. The predicted molar refractivity (Wildman–Crippen MR) is 76.0 cm³/mol. The number of nitrogens with zero attached hydrogens (tertiary/aromatic N) is 2. The highest BCUT2D eigenvalue weighted by atomic mass is 79.9. The molecule has 0 aromatic heterocycles. The van der Waals surface area contributed by atoms with Gasteiger partial charge in [0.15, 0.2) is 0 Å². The Balaban J connectivity index is 1.87. The molecule has 1 fully saturated rings. The van der Waals surface area contributed by atoms with Crippen molar-refractivity contribution in [2.24, 2.45) is 0 Å². The molecule has 1 saturated heterocycles. The van der Waals surface area contributed by atoms with E-state index in [4.69, 9.17) is 0 Å². The lowest BCUT2D eigenvalue weighted by atomic mass is 10.1. The van der Waals surface area contributed by atoms with Crippen LogP contribution < -0.4 is 10.2 Å². The maximum atomic E-state index is 3.72. The molecule has 0 unspecified atom stereocenters. The average Bonchev–Trinajstić information content (AvgIpc) is 2.76. The number of piperazine rings is 1. The molecule has 1 aromatic rings. The highest BCUT2D eigenvalue weighted by molar-refractivity contribution is 9.10. The van der Waals surface area contributed by atoms with Gasteiger partial charge in [-0.25, -0.2) is 0 Å². The number of hydrogen-bond donors (Lipinski definition) is 1. The average molecular weight is 296 g/mol. The molecular weight excluding hydrogens is 278 g/mol. The predicted octanol–water partition coefficient (Wildman–Crippen LogP) is 2.17. The molecule has 0 radical (unpaired) electrons. The fraction of sp³-hybridized carbons (Fsp3) is 0.538. The van der Waals surface area contributed by atoms with Crippen LogP contribution in [0.1, 0.15) is 5.56 Å². The van der Waals surface area contributed by atoms with Gasteiger partial charge in [0.1, 0.15) is 0 Å². The molecule has 2 aliphatic rings. The van der Waals surface area contributed by atoms with E-state index in [9.17, 15) is 0 Å². The Morgan fingerprint density at radius 1 is 1.18 bits per heavy atom. The summed E-state index contributed by atoms with van der Waals surface area (Å²) in [6.45, 7) is 5.61. The van der Waals surface area contributed by atoms with Gasteiger partial charge in [0, 0.05) is 42.9 Å². The van der Waals surface area contributed by atoms with Crippen molar-refractivity contribution in [3.05, 3.63) is 22.2 Å². The van der Waals surface area contributed by atoms with Gasteiger partial charge in [0.05, 0.1) is 5.69 Å².